The highest BCUT2D eigenvalue weighted by molar-refractivity contribution is 6.33. The largest absolute Gasteiger partial charge is 0.387 e. The topological polar surface area (TPSA) is 64.7 Å². The molecule has 0 radical (unpaired) electrons. The van der Waals surface area contributed by atoms with Crippen molar-refractivity contribution in [2.45, 2.75) is 12.5 Å². The fraction of sp³-hybridized carbons (Fsp3) is 0.333. The van der Waals surface area contributed by atoms with Crippen LogP contribution >= 0.6 is 11.6 Å². The molecule has 0 aromatic heterocycles. The Bertz CT molecular complexity index is 1270. The normalized spacial score (nSPS) is 19.7. The lowest BCUT2D eigenvalue weighted by atomic mass is 10.0. The second-order valence-electron chi connectivity index (χ2n) is 10.1. The van der Waals surface area contributed by atoms with Gasteiger partial charge in [0.25, 0.3) is 11.8 Å². The first kappa shape index (κ1) is 26.2. The first-order chi connectivity index (χ1) is 18.4. The minimum atomic E-state index is -0.576. The number of carbonyl (C=O) groups excluding carboxylic acids is 2. The zero-order chi connectivity index (χ0) is 26.6. The van der Waals surface area contributed by atoms with Gasteiger partial charge in [0, 0.05) is 45.5 Å². The maximum atomic E-state index is 14.3. The Hall–Kier alpha value is -3.42. The molecule has 3 aromatic rings. The lowest BCUT2D eigenvalue weighted by Crippen LogP contribution is -2.35. The molecule has 38 heavy (non-hydrogen) atoms. The molecule has 0 bridgehead atoms. The first-order valence-electron chi connectivity index (χ1n) is 13.0. The molecule has 3 unspecified atom stereocenters. The van der Waals surface area contributed by atoms with Crippen molar-refractivity contribution in [1.82, 2.24) is 15.1 Å². The summed E-state index contributed by atoms with van der Waals surface area (Å²) in [7, 11) is 1.81. The smallest absolute Gasteiger partial charge is 0.258 e. The zero-order valence-corrected chi connectivity index (χ0v) is 22.1. The van der Waals surface area contributed by atoms with Crippen LogP contribution in [0.3, 0.4) is 0 Å². The molecule has 6 nitrogen and oxygen atoms in total. The van der Waals surface area contributed by atoms with Gasteiger partial charge in [-0.05, 0) is 48.1 Å². The van der Waals surface area contributed by atoms with Gasteiger partial charge < -0.3 is 20.4 Å². The van der Waals surface area contributed by atoms with E-state index in [9.17, 15) is 14.0 Å². The van der Waals surface area contributed by atoms with E-state index < -0.39 is 5.82 Å². The number of para-hydroxylation sites is 1. The summed E-state index contributed by atoms with van der Waals surface area (Å²) in [6, 6.07) is 21.7. The van der Waals surface area contributed by atoms with Crippen molar-refractivity contribution in [2.75, 3.05) is 45.1 Å². The second kappa shape index (κ2) is 11.5. The highest BCUT2D eigenvalue weighted by Crippen LogP contribution is 2.34. The van der Waals surface area contributed by atoms with Crippen molar-refractivity contribution in [2.24, 2.45) is 11.8 Å². The minimum absolute atomic E-state index is 0.0349. The summed E-state index contributed by atoms with van der Waals surface area (Å²) in [5, 5.41) is 6.49. The highest BCUT2D eigenvalue weighted by atomic mass is 35.5. The third-order valence-corrected chi connectivity index (χ3v) is 8.02. The van der Waals surface area contributed by atoms with Gasteiger partial charge in [0.1, 0.15) is 5.82 Å². The number of amides is 2. The van der Waals surface area contributed by atoms with Gasteiger partial charge >= 0.3 is 0 Å². The zero-order valence-electron chi connectivity index (χ0n) is 21.4. The van der Waals surface area contributed by atoms with Gasteiger partial charge in [0.2, 0.25) is 0 Å². The molecule has 2 aliphatic heterocycles. The molecule has 3 aromatic carbocycles. The summed E-state index contributed by atoms with van der Waals surface area (Å²) < 4.78 is 14.3. The van der Waals surface area contributed by atoms with Crippen LogP contribution < -0.4 is 10.6 Å². The van der Waals surface area contributed by atoms with Gasteiger partial charge in [0.05, 0.1) is 22.2 Å². The lowest BCUT2D eigenvalue weighted by molar-refractivity contribution is 0.0769. The summed E-state index contributed by atoms with van der Waals surface area (Å²) in [5.41, 5.74) is 2.44. The number of nitrogens with one attached hydrogen (secondary N) is 2. The number of likely N-dealkylation sites (tertiary alicyclic amines) is 2. The van der Waals surface area contributed by atoms with E-state index >= 15 is 0 Å². The predicted octanol–water partition coefficient (Wildman–Crippen LogP) is 5.09. The number of benzene rings is 3. The molecule has 2 heterocycles. The third-order valence-electron chi connectivity index (χ3n) is 7.71. The molecule has 3 atom stereocenters. The highest BCUT2D eigenvalue weighted by Gasteiger charge is 2.42. The number of rotatable bonds is 8. The van der Waals surface area contributed by atoms with Crippen molar-refractivity contribution in [3.8, 4) is 0 Å². The van der Waals surface area contributed by atoms with Gasteiger partial charge in [-0.15, -0.1) is 0 Å². The van der Waals surface area contributed by atoms with Crippen LogP contribution in [0.25, 0.3) is 0 Å². The van der Waals surface area contributed by atoms with Crippen LogP contribution in [0.1, 0.15) is 38.7 Å². The van der Waals surface area contributed by atoms with E-state index in [1.165, 1.54) is 12.1 Å². The van der Waals surface area contributed by atoms with Crippen molar-refractivity contribution in [3.05, 3.63) is 100 Å². The summed E-state index contributed by atoms with van der Waals surface area (Å²) in [6.07, 6.45) is 0.768. The van der Waals surface area contributed by atoms with Crippen LogP contribution in [-0.2, 0) is 0 Å². The second-order valence-corrected chi connectivity index (χ2v) is 10.5. The van der Waals surface area contributed by atoms with E-state index in [2.05, 4.69) is 15.5 Å². The van der Waals surface area contributed by atoms with Crippen LogP contribution in [0.2, 0.25) is 5.02 Å². The van der Waals surface area contributed by atoms with Crippen molar-refractivity contribution < 1.29 is 14.0 Å². The number of hydrogen-bond acceptors (Lipinski definition) is 4. The van der Waals surface area contributed by atoms with Gasteiger partial charge in [-0.3, -0.25) is 9.59 Å². The molecule has 2 aliphatic rings. The SMILES string of the molecule is CNc1ccccc1C(=O)NC(CCN1CC2CN(C(=O)c3c(F)cccc3Cl)CC2C1)c1ccccc1. The maximum absolute atomic E-state index is 14.3. The van der Waals surface area contributed by atoms with Crippen LogP contribution in [0.5, 0.6) is 0 Å². The van der Waals surface area contributed by atoms with Crippen molar-refractivity contribution >= 4 is 29.1 Å². The standard InChI is InChI=1S/C30H32ClFN4O2/c1-33-27-13-6-5-10-23(27)29(37)34-26(20-8-3-2-4-9-20)14-15-35-16-21-18-36(19-22(21)17-35)30(38)28-24(31)11-7-12-25(28)32/h2-13,21-22,26,33H,14-19H2,1H3,(H,34,37). The van der Waals surface area contributed by atoms with E-state index in [-0.39, 0.29) is 28.4 Å². The number of hydrogen-bond donors (Lipinski definition) is 2. The summed E-state index contributed by atoms with van der Waals surface area (Å²) >= 11 is 6.13. The van der Waals surface area contributed by atoms with E-state index in [0.717, 1.165) is 37.3 Å². The average Bonchev–Trinajstić information content (AvgIpc) is 3.50. The molecule has 2 fully saturated rings. The fourth-order valence-corrected chi connectivity index (χ4v) is 6.00. The molecule has 8 heteroatoms. The molecule has 198 valence electrons. The Balaban J connectivity index is 1.20. The maximum Gasteiger partial charge on any atom is 0.258 e. The average molecular weight is 535 g/mol. The molecular weight excluding hydrogens is 503 g/mol. The number of halogens is 2. The van der Waals surface area contributed by atoms with Crippen molar-refractivity contribution in [3.63, 3.8) is 0 Å². The number of carbonyl (C=O) groups is 2. The summed E-state index contributed by atoms with van der Waals surface area (Å²) in [5.74, 6) is -0.327. The van der Waals surface area contributed by atoms with Crippen molar-refractivity contribution in [1.29, 1.82) is 0 Å². The van der Waals surface area contributed by atoms with E-state index in [0.29, 0.717) is 30.5 Å². The molecule has 0 spiro atoms. The van der Waals surface area contributed by atoms with Gasteiger partial charge in [0.15, 0.2) is 0 Å². The Morgan fingerprint density at radius 3 is 2.32 bits per heavy atom. The molecular formula is C30H32ClFN4O2. The minimum Gasteiger partial charge on any atom is -0.387 e. The lowest BCUT2D eigenvalue weighted by Gasteiger charge is -2.25. The van der Waals surface area contributed by atoms with E-state index in [4.69, 9.17) is 11.6 Å². The summed E-state index contributed by atoms with van der Waals surface area (Å²) in [4.78, 5) is 30.3. The van der Waals surface area contributed by atoms with Crippen LogP contribution in [-0.4, -0.2) is 61.4 Å². The number of nitrogens with zero attached hydrogens (tertiary/aromatic N) is 2. The van der Waals surface area contributed by atoms with Gasteiger partial charge in [-0.25, -0.2) is 4.39 Å². The molecule has 0 aliphatic carbocycles. The Morgan fingerprint density at radius 2 is 1.63 bits per heavy atom. The van der Waals surface area contributed by atoms with Crippen LogP contribution in [0, 0.1) is 17.7 Å². The Kier molecular flexibility index (Phi) is 7.95. The third kappa shape index (κ3) is 5.54. The number of anilines is 1. The van der Waals surface area contributed by atoms with E-state index in [1.807, 2.05) is 61.6 Å². The van der Waals surface area contributed by atoms with Gasteiger partial charge in [-0.2, -0.15) is 0 Å². The van der Waals surface area contributed by atoms with Crippen LogP contribution in [0.15, 0.2) is 72.8 Å². The molecule has 5 rings (SSSR count). The Labute approximate surface area is 227 Å². The predicted molar refractivity (Wildman–Crippen MR) is 148 cm³/mol. The molecule has 2 saturated heterocycles. The quantitative estimate of drug-likeness (QED) is 0.423. The monoisotopic (exact) mass is 534 g/mol. The molecule has 0 saturated carbocycles. The van der Waals surface area contributed by atoms with Gasteiger partial charge in [-0.1, -0.05) is 60.1 Å². The fourth-order valence-electron chi connectivity index (χ4n) is 5.75. The summed E-state index contributed by atoms with van der Waals surface area (Å²) in [6.45, 7) is 3.78. The molecule has 2 amide bonds. The Morgan fingerprint density at radius 1 is 0.947 bits per heavy atom. The number of fused-ring (bicyclic) bond motifs is 1. The van der Waals surface area contributed by atoms with Crippen LogP contribution in [0.4, 0.5) is 10.1 Å². The first-order valence-corrected chi connectivity index (χ1v) is 13.4. The van der Waals surface area contributed by atoms with E-state index in [1.54, 1.807) is 11.0 Å². The molecule has 2 N–H and O–H groups in total.